The van der Waals surface area contributed by atoms with Crippen molar-refractivity contribution in [3.8, 4) is 11.5 Å². The van der Waals surface area contributed by atoms with Gasteiger partial charge in [-0.15, -0.1) is 0 Å². The first-order valence-electron chi connectivity index (χ1n) is 28.8. The van der Waals surface area contributed by atoms with Crippen molar-refractivity contribution in [1.82, 2.24) is 10.6 Å². The van der Waals surface area contributed by atoms with E-state index in [1.54, 1.807) is 88.0 Å². The van der Waals surface area contributed by atoms with Gasteiger partial charge in [0.2, 0.25) is 5.91 Å². The number of carbonyl (C=O) groups is 6. The van der Waals surface area contributed by atoms with Gasteiger partial charge in [-0.1, -0.05) is 47.6 Å². The number of carboxylic acid groups (broad SMARTS) is 1. The number of esters is 2. The Kier molecular flexibility index (Phi) is 22.8. The number of hydrogen-bond acceptors (Lipinski definition) is 12. The lowest BCUT2D eigenvalue weighted by molar-refractivity contribution is -0.158. The van der Waals surface area contributed by atoms with Gasteiger partial charge < -0.3 is 49.1 Å². The Balaban J connectivity index is 0.000000282. The van der Waals surface area contributed by atoms with Gasteiger partial charge in [0, 0.05) is 12.2 Å². The van der Waals surface area contributed by atoms with E-state index in [-0.39, 0.29) is 18.4 Å². The van der Waals surface area contributed by atoms with Crippen LogP contribution in [0.2, 0.25) is 0 Å². The van der Waals surface area contributed by atoms with E-state index in [0.717, 1.165) is 47.4 Å². The SMILES string of the molecule is CC(C)(C)C1CCC(Oc2ccc3c(c2)CCC3)CC1.CC(C)(C)OC(=O)CC(NC(=O)OC(C)(C)C)C(=O)N1CCc2cc(OC3CCC(C(C)(C)C)CC3)ccc21.CC(C)(C)OC(=O)CC(NC(=O)OC(C)(C)C)C(=O)O. The molecule has 1 aliphatic heterocycles. The molecule has 16 nitrogen and oxygen atoms in total. The molecule has 0 radical (unpaired) electrons. The molecule has 79 heavy (non-hydrogen) atoms. The zero-order valence-corrected chi connectivity index (χ0v) is 51.3. The Labute approximate surface area is 472 Å². The van der Waals surface area contributed by atoms with Crippen LogP contribution in [0.15, 0.2) is 36.4 Å². The van der Waals surface area contributed by atoms with Gasteiger partial charge in [0.1, 0.15) is 46.0 Å². The van der Waals surface area contributed by atoms with Gasteiger partial charge in [-0.25, -0.2) is 14.4 Å². The summed E-state index contributed by atoms with van der Waals surface area (Å²) in [6, 6.07) is 10.1. The van der Waals surface area contributed by atoms with E-state index in [4.69, 9.17) is 33.5 Å². The summed E-state index contributed by atoms with van der Waals surface area (Å²) in [4.78, 5) is 74.5. The maximum atomic E-state index is 13.6. The molecule has 0 aromatic heterocycles. The monoisotopic (exact) mass is 1110 g/mol. The largest absolute Gasteiger partial charge is 0.490 e. The number of fused-ring (bicyclic) bond motifs is 2. The third kappa shape index (κ3) is 23.6. The molecule has 0 spiro atoms. The average molecular weight is 1110 g/mol. The molecule has 1 heterocycles. The first kappa shape index (κ1) is 66.0. The van der Waals surface area contributed by atoms with Crippen LogP contribution in [0.25, 0.3) is 0 Å². The Morgan fingerprint density at radius 1 is 0.506 bits per heavy atom. The summed E-state index contributed by atoms with van der Waals surface area (Å²) in [5.41, 5.74) is 2.70. The molecule has 3 amide bonds. The Morgan fingerprint density at radius 2 is 0.899 bits per heavy atom. The lowest BCUT2D eigenvalue weighted by atomic mass is 9.72. The highest BCUT2D eigenvalue weighted by Gasteiger charge is 2.37. The molecule has 2 aromatic carbocycles. The first-order chi connectivity index (χ1) is 36.2. The van der Waals surface area contributed by atoms with Crippen molar-refractivity contribution < 1.29 is 62.3 Å². The lowest BCUT2D eigenvalue weighted by Gasteiger charge is -2.37. The molecule has 2 aromatic rings. The number of carboxylic acids is 1. The second-order valence-corrected chi connectivity index (χ2v) is 28.0. The molecule has 2 atom stereocenters. The number of nitrogens with one attached hydrogen (secondary N) is 2. The summed E-state index contributed by atoms with van der Waals surface area (Å²) in [6.07, 6.45) is 12.2. The van der Waals surface area contributed by atoms with Crippen LogP contribution in [0.3, 0.4) is 0 Å². The van der Waals surface area contributed by atoms with Crippen molar-refractivity contribution >= 4 is 41.7 Å². The van der Waals surface area contributed by atoms with E-state index in [0.29, 0.717) is 29.9 Å². The zero-order chi connectivity index (χ0) is 59.5. The second-order valence-electron chi connectivity index (χ2n) is 28.0. The molecule has 4 aliphatic rings. The summed E-state index contributed by atoms with van der Waals surface area (Å²) < 4.78 is 33.3. The highest BCUT2D eigenvalue weighted by Crippen LogP contribution is 2.41. The van der Waals surface area contributed by atoms with Gasteiger partial charge in [0.15, 0.2) is 0 Å². The van der Waals surface area contributed by atoms with Crippen molar-refractivity contribution in [3.05, 3.63) is 53.1 Å². The van der Waals surface area contributed by atoms with E-state index in [1.165, 1.54) is 68.9 Å². The van der Waals surface area contributed by atoms with Crippen molar-refractivity contribution in [2.24, 2.45) is 22.7 Å². The van der Waals surface area contributed by atoms with Crippen molar-refractivity contribution in [2.75, 3.05) is 11.4 Å². The number of alkyl carbamates (subject to hydrolysis) is 2. The Morgan fingerprint density at radius 3 is 1.32 bits per heavy atom. The van der Waals surface area contributed by atoms with E-state index >= 15 is 0 Å². The van der Waals surface area contributed by atoms with Crippen LogP contribution in [0, 0.1) is 22.7 Å². The Bertz CT molecular complexity index is 2320. The van der Waals surface area contributed by atoms with Crippen molar-refractivity contribution in [1.29, 1.82) is 0 Å². The van der Waals surface area contributed by atoms with Crippen LogP contribution in [0.5, 0.6) is 11.5 Å². The topological polar surface area (TPSA) is 205 Å². The van der Waals surface area contributed by atoms with Crippen LogP contribution in [0.1, 0.15) is 212 Å². The Hall–Kier alpha value is -5.54. The van der Waals surface area contributed by atoms with Gasteiger partial charge in [-0.2, -0.15) is 0 Å². The molecule has 3 aliphatic carbocycles. The highest BCUT2D eigenvalue weighted by molar-refractivity contribution is 6.02. The van der Waals surface area contributed by atoms with E-state index in [1.807, 2.05) is 18.2 Å². The summed E-state index contributed by atoms with van der Waals surface area (Å²) in [5, 5.41) is 13.7. The number of hydrogen-bond donors (Lipinski definition) is 3. The van der Waals surface area contributed by atoms with Gasteiger partial charge in [-0.05, 0) is 230 Å². The highest BCUT2D eigenvalue weighted by atomic mass is 16.6. The van der Waals surface area contributed by atoms with E-state index in [2.05, 4.69) is 70.4 Å². The summed E-state index contributed by atoms with van der Waals surface area (Å²) in [5.74, 6) is 0.523. The molecule has 0 saturated heterocycles. The number of anilines is 1. The van der Waals surface area contributed by atoms with Crippen LogP contribution in [-0.2, 0) is 57.4 Å². The predicted octanol–water partition coefficient (Wildman–Crippen LogP) is 13.0. The first-order valence-corrected chi connectivity index (χ1v) is 28.8. The molecular formula is C63H99N3O13. The maximum absolute atomic E-state index is 13.6. The third-order valence-electron chi connectivity index (χ3n) is 14.2. The molecule has 2 fully saturated rings. The van der Waals surface area contributed by atoms with E-state index < -0.39 is 71.0 Å². The number of benzene rings is 2. The molecular weight excluding hydrogens is 1010 g/mol. The predicted molar refractivity (Wildman–Crippen MR) is 307 cm³/mol. The van der Waals surface area contributed by atoms with Crippen LogP contribution >= 0.6 is 0 Å². The number of rotatable bonds is 12. The minimum absolute atomic E-state index is 0.206. The normalized spacial score (nSPS) is 20.2. The quantitative estimate of drug-likeness (QED) is 0.134. The van der Waals surface area contributed by atoms with Gasteiger partial charge in [-0.3, -0.25) is 14.4 Å². The number of amides is 3. The van der Waals surface area contributed by atoms with Gasteiger partial charge in [0.25, 0.3) is 0 Å². The number of carbonyl (C=O) groups excluding carboxylic acids is 5. The summed E-state index contributed by atoms with van der Waals surface area (Å²) >= 11 is 0. The molecule has 2 saturated carbocycles. The maximum Gasteiger partial charge on any atom is 0.408 e. The minimum atomic E-state index is -1.39. The molecule has 16 heteroatoms. The molecule has 0 bridgehead atoms. The number of ether oxygens (including phenoxy) is 6. The fourth-order valence-corrected chi connectivity index (χ4v) is 10.4. The lowest BCUT2D eigenvalue weighted by Crippen LogP contribution is -2.50. The second kappa shape index (κ2) is 27.3. The van der Waals surface area contributed by atoms with Crippen molar-refractivity contribution in [2.45, 2.75) is 261 Å². The van der Waals surface area contributed by atoms with Crippen LogP contribution in [-0.4, -0.2) is 94.3 Å². The fourth-order valence-electron chi connectivity index (χ4n) is 10.4. The number of aliphatic carboxylic acids is 1. The van der Waals surface area contributed by atoms with Crippen molar-refractivity contribution in [3.63, 3.8) is 0 Å². The number of nitrogens with zero attached hydrogens (tertiary/aromatic N) is 1. The van der Waals surface area contributed by atoms with Crippen LogP contribution < -0.4 is 25.0 Å². The summed E-state index contributed by atoms with van der Waals surface area (Å²) in [6.45, 7) is 35.0. The fraction of sp³-hybridized carbons (Fsp3) is 0.714. The molecule has 3 N–H and O–H groups in total. The average Bonchev–Trinajstić information content (AvgIpc) is 3.97. The zero-order valence-electron chi connectivity index (χ0n) is 51.3. The standard InChI is InChI=1S/C31H48N2O6.C19H28O.C13H23NO6/c1-29(2,3)21-10-12-22(13-11-21)37-23-14-15-25-20(18-23)16-17-33(25)27(35)24(19-26(34)38-30(4,5)6)32-28(36)39-31(7,8)9;1-19(2,3)16-8-11-17(12-9-16)20-18-10-7-14-5-4-6-15(14)13-18;1-12(2,3)19-9(15)7-8(10(16)17)14-11(18)20-13(4,5)6/h14-15,18,21-22,24H,10-13,16-17,19H2,1-9H3,(H,32,36);7,10,13,16-17H,4-6,8-9,11-12H2,1-3H3;8H,7H2,1-6H3,(H,14,18)(H,16,17). The smallest absolute Gasteiger partial charge is 0.408 e. The molecule has 444 valence electrons. The molecule has 6 rings (SSSR count). The van der Waals surface area contributed by atoms with E-state index in [9.17, 15) is 28.8 Å². The summed E-state index contributed by atoms with van der Waals surface area (Å²) in [7, 11) is 0. The molecule has 2 unspecified atom stereocenters. The minimum Gasteiger partial charge on any atom is -0.490 e. The van der Waals surface area contributed by atoms with Gasteiger partial charge in [0.05, 0.1) is 25.0 Å². The third-order valence-corrected chi connectivity index (χ3v) is 14.2. The van der Waals surface area contributed by atoms with Crippen LogP contribution in [0.4, 0.5) is 15.3 Å². The number of aryl methyl sites for hydroxylation is 2. The van der Waals surface area contributed by atoms with Gasteiger partial charge >= 0.3 is 30.1 Å².